The van der Waals surface area contributed by atoms with Crippen LogP contribution in [0.25, 0.3) is 0 Å². The Hall–Kier alpha value is -1.59. The molecule has 29 heavy (non-hydrogen) atoms. The minimum Gasteiger partial charge on any atom is -0.292 e. The van der Waals surface area contributed by atoms with Gasteiger partial charge in [0.25, 0.3) is 5.91 Å². The zero-order chi connectivity index (χ0) is 20.9. The van der Waals surface area contributed by atoms with Gasteiger partial charge in [-0.05, 0) is 30.3 Å². The van der Waals surface area contributed by atoms with Crippen LogP contribution >= 0.6 is 31.9 Å². The summed E-state index contributed by atoms with van der Waals surface area (Å²) in [5.74, 6) is -0.238. The number of nitrogens with zero attached hydrogens (tertiary/aromatic N) is 3. The van der Waals surface area contributed by atoms with E-state index in [4.69, 9.17) is 0 Å². The average molecular weight is 544 g/mol. The minimum atomic E-state index is -3.52. The maximum atomic E-state index is 12.7. The van der Waals surface area contributed by atoms with Crippen LogP contribution < -0.4 is 5.43 Å². The van der Waals surface area contributed by atoms with Gasteiger partial charge >= 0.3 is 0 Å². The second kappa shape index (κ2) is 9.94. The van der Waals surface area contributed by atoms with Crippen molar-refractivity contribution in [3.63, 3.8) is 0 Å². The summed E-state index contributed by atoms with van der Waals surface area (Å²) < 4.78 is 28.6. The number of benzene rings is 2. The van der Waals surface area contributed by atoms with Crippen LogP contribution in [0.1, 0.15) is 5.56 Å². The molecule has 2 aromatic carbocycles. The molecule has 0 aliphatic carbocycles. The van der Waals surface area contributed by atoms with Gasteiger partial charge in [-0.3, -0.25) is 9.69 Å². The summed E-state index contributed by atoms with van der Waals surface area (Å²) >= 11 is 6.73. The van der Waals surface area contributed by atoms with Crippen molar-refractivity contribution in [2.75, 3.05) is 32.7 Å². The Labute approximate surface area is 187 Å². The van der Waals surface area contributed by atoms with Crippen molar-refractivity contribution in [2.24, 2.45) is 5.10 Å². The topological polar surface area (TPSA) is 82.1 Å². The second-order valence-corrected chi connectivity index (χ2v) is 10.2. The van der Waals surface area contributed by atoms with Gasteiger partial charge < -0.3 is 0 Å². The van der Waals surface area contributed by atoms with E-state index in [1.165, 1.54) is 4.31 Å². The van der Waals surface area contributed by atoms with Crippen LogP contribution in [0.5, 0.6) is 0 Å². The van der Waals surface area contributed by atoms with Crippen LogP contribution in [-0.4, -0.2) is 62.5 Å². The third-order valence-corrected chi connectivity index (χ3v) is 7.61. The highest BCUT2D eigenvalue weighted by Gasteiger charge is 2.28. The third-order valence-electron chi connectivity index (χ3n) is 4.45. The molecule has 0 atom stereocenters. The highest BCUT2D eigenvalue weighted by molar-refractivity contribution is 9.10. The first-order valence-electron chi connectivity index (χ1n) is 8.91. The van der Waals surface area contributed by atoms with E-state index >= 15 is 0 Å². The zero-order valence-electron chi connectivity index (χ0n) is 15.5. The number of sulfonamides is 1. The lowest BCUT2D eigenvalue weighted by atomic mass is 10.2. The summed E-state index contributed by atoms with van der Waals surface area (Å²) in [4.78, 5) is 14.3. The summed E-state index contributed by atoms with van der Waals surface area (Å²) in [5.41, 5.74) is 3.37. The third kappa shape index (κ3) is 5.95. The summed E-state index contributed by atoms with van der Waals surface area (Å²) in [5, 5.41) is 3.98. The van der Waals surface area contributed by atoms with Crippen LogP contribution in [0.3, 0.4) is 0 Å². The molecule has 3 rings (SSSR count). The first kappa shape index (κ1) is 22.1. The Bertz CT molecular complexity index is 989. The molecular weight excluding hydrogens is 524 g/mol. The van der Waals surface area contributed by atoms with Crippen LogP contribution in [0, 0.1) is 0 Å². The predicted octanol–water partition coefficient (Wildman–Crippen LogP) is 2.67. The van der Waals surface area contributed by atoms with Crippen molar-refractivity contribution in [1.82, 2.24) is 14.6 Å². The molecule has 7 nitrogen and oxygen atoms in total. The number of carbonyl (C=O) groups is 1. The molecule has 1 heterocycles. The van der Waals surface area contributed by atoms with E-state index in [2.05, 4.69) is 42.4 Å². The van der Waals surface area contributed by atoms with Crippen molar-refractivity contribution < 1.29 is 13.2 Å². The van der Waals surface area contributed by atoms with Gasteiger partial charge in [-0.15, -0.1) is 0 Å². The van der Waals surface area contributed by atoms with E-state index in [1.807, 2.05) is 29.2 Å². The molecule has 154 valence electrons. The zero-order valence-corrected chi connectivity index (χ0v) is 19.5. The molecule has 1 saturated heterocycles. The standard InChI is InChI=1S/C19H20Br2N4O3S/c20-16-5-7-17(8-6-16)29(27,28)25-11-9-24(10-12-25)14-19(26)23-22-13-15-3-1-2-4-18(15)21/h1-8,13H,9-12,14H2,(H,23,26)/b22-13+. The van der Waals surface area contributed by atoms with E-state index in [0.717, 1.165) is 14.5 Å². The monoisotopic (exact) mass is 542 g/mol. The highest BCUT2D eigenvalue weighted by atomic mass is 79.9. The van der Waals surface area contributed by atoms with Gasteiger partial charge in [-0.25, -0.2) is 13.8 Å². The van der Waals surface area contributed by atoms with Crippen LogP contribution in [-0.2, 0) is 14.8 Å². The van der Waals surface area contributed by atoms with Gasteiger partial charge in [0, 0.05) is 40.7 Å². The fourth-order valence-corrected chi connectivity index (χ4v) is 4.95. The molecule has 1 aliphatic heterocycles. The van der Waals surface area contributed by atoms with Gasteiger partial charge in [0.1, 0.15) is 0 Å². The Kier molecular flexibility index (Phi) is 7.58. The number of hydrogen-bond acceptors (Lipinski definition) is 5. The Morgan fingerprint density at radius 2 is 1.69 bits per heavy atom. The largest absolute Gasteiger partial charge is 0.292 e. The van der Waals surface area contributed by atoms with E-state index in [-0.39, 0.29) is 17.3 Å². The summed E-state index contributed by atoms with van der Waals surface area (Å²) in [6.45, 7) is 1.81. The van der Waals surface area contributed by atoms with Crippen molar-refractivity contribution in [3.8, 4) is 0 Å². The molecule has 1 amide bonds. The molecule has 0 aromatic heterocycles. The molecule has 10 heteroatoms. The van der Waals surface area contributed by atoms with Gasteiger partial charge in [-0.1, -0.05) is 50.1 Å². The molecule has 1 N–H and O–H groups in total. The first-order chi connectivity index (χ1) is 13.9. The van der Waals surface area contributed by atoms with Crippen LogP contribution in [0.4, 0.5) is 0 Å². The van der Waals surface area contributed by atoms with Gasteiger partial charge in [0.15, 0.2) is 0 Å². The summed E-state index contributed by atoms with van der Waals surface area (Å²) in [6.07, 6.45) is 1.57. The number of amides is 1. The second-order valence-electron chi connectivity index (χ2n) is 6.45. The lowest BCUT2D eigenvalue weighted by Gasteiger charge is -2.33. The number of hydrogen-bond donors (Lipinski definition) is 1. The number of rotatable bonds is 6. The van der Waals surface area contributed by atoms with Crippen molar-refractivity contribution in [2.45, 2.75) is 4.90 Å². The van der Waals surface area contributed by atoms with Gasteiger partial charge in [0.2, 0.25) is 10.0 Å². The van der Waals surface area contributed by atoms with Crippen molar-refractivity contribution in [3.05, 3.63) is 63.0 Å². The molecule has 0 spiro atoms. The first-order valence-corrected chi connectivity index (χ1v) is 11.9. The Morgan fingerprint density at radius 1 is 1.03 bits per heavy atom. The summed E-state index contributed by atoms with van der Waals surface area (Å²) in [6, 6.07) is 14.1. The number of nitrogens with one attached hydrogen (secondary N) is 1. The maximum absolute atomic E-state index is 12.7. The molecule has 2 aromatic rings. The molecule has 1 aliphatic rings. The van der Waals surface area contributed by atoms with E-state index in [1.54, 1.807) is 30.5 Å². The lowest BCUT2D eigenvalue weighted by molar-refractivity contribution is -0.122. The molecule has 0 radical (unpaired) electrons. The predicted molar refractivity (Wildman–Crippen MR) is 119 cm³/mol. The minimum absolute atomic E-state index is 0.166. The highest BCUT2D eigenvalue weighted by Crippen LogP contribution is 2.20. The Morgan fingerprint density at radius 3 is 2.34 bits per heavy atom. The lowest BCUT2D eigenvalue weighted by Crippen LogP contribution is -2.50. The quantitative estimate of drug-likeness (QED) is 0.448. The van der Waals surface area contributed by atoms with E-state index in [0.29, 0.717) is 26.2 Å². The smallest absolute Gasteiger partial charge is 0.254 e. The fourth-order valence-electron chi connectivity index (χ4n) is 2.88. The fraction of sp³-hybridized carbons (Fsp3) is 0.263. The normalized spacial score (nSPS) is 16.2. The van der Waals surface area contributed by atoms with Gasteiger partial charge in [-0.2, -0.15) is 9.41 Å². The average Bonchev–Trinajstić information content (AvgIpc) is 2.70. The summed E-state index contributed by atoms with van der Waals surface area (Å²) in [7, 11) is -3.52. The molecule has 0 bridgehead atoms. The molecule has 0 saturated carbocycles. The maximum Gasteiger partial charge on any atom is 0.254 e. The Balaban J connectivity index is 1.48. The molecule has 0 unspecified atom stereocenters. The van der Waals surface area contributed by atoms with E-state index in [9.17, 15) is 13.2 Å². The van der Waals surface area contributed by atoms with Crippen LogP contribution in [0.2, 0.25) is 0 Å². The molecule has 1 fully saturated rings. The SMILES string of the molecule is O=C(CN1CCN(S(=O)(=O)c2ccc(Br)cc2)CC1)N/N=C/c1ccccc1Br. The number of carbonyl (C=O) groups excluding carboxylic acids is 1. The number of piperazine rings is 1. The van der Waals surface area contributed by atoms with Crippen molar-refractivity contribution in [1.29, 1.82) is 0 Å². The molecular formula is C19H20Br2N4O3S. The van der Waals surface area contributed by atoms with Crippen molar-refractivity contribution >= 4 is 54.0 Å². The van der Waals surface area contributed by atoms with E-state index < -0.39 is 10.0 Å². The van der Waals surface area contributed by atoms with Gasteiger partial charge in [0.05, 0.1) is 17.7 Å². The number of halogens is 2. The van der Waals surface area contributed by atoms with Crippen LogP contribution in [0.15, 0.2) is 67.5 Å². The number of hydrazone groups is 1.